The summed E-state index contributed by atoms with van der Waals surface area (Å²) in [5.41, 5.74) is 10.7. The number of pyridine rings is 1. The van der Waals surface area contributed by atoms with Crippen molar-refractivity contribution in [2.75, 3.05) is 4.90 Å². The van der Waals surface area contributed by atoms with E-state index in [0.29, 0.717) is 0 Å². The maximum absolute atomic E-state index is 4.74. The van der Waals surface area contributed by atoms with E-state index in [0.717, 1.165) is 22.5 Å². The smallest absolute Gasteiger partial charge is 0.0702 e. The van der Waals surface area contributed by atoms with Gasteiger partial charge in [-0.25, -0.2) is 0 Å². The van der Waals surface area contributed by atoms with Gasteiger partial charge in [0.15, 0.2) is 0 Å². The third-order valence-corrected chi connectivity index (χ3v) is 6.93. The summed E-state index contributed by atoms with van der Waals surface area (Å²) >= 11 is 0. The van der Waals surface area contributed by atoms with Gasteiger partial charge < -0.3 is 4.90 Å². The van der Waals surface area contributed by atoms with Crippen molar-refractivity contribution < 1.29 is 0 Å². The lowest BCUT2D eigenvalue weighted by Crippen LogP contribution is -2.30. The fourth-order valence-electron chi connectivity index (χ4n) is 5.09. The van der Waals surface area contributed by atoms with Crippen LogP contribution in [0.25, 0.3) is 22.4 Å². The molecule has 0 amide bonds. The van der Waals surface area contributed by atoms with Gasteiger partial charge in [-0.2, -0.15) is 0 Å². The van der Waals surface area contributed by atoms with E-state index < -0.39 is 0 Å². The van der Waals surface area contributed by atoms with Gasteiger partial charge in [0.05, 0.1) is 17.1 Å². The van der Waals surface area contributed by atoms with Crippen LogP contribution >= 0.6 is 0 Å². The third-order valence-electron chi connectivity index (χ3n) is 6.93. The monoisotopic (exact) mass is 438 g/mol. The normalized spacial score (nSPS) is 13.8. The molecule has 0 atom stereocenters. The number of benzene rings is 4. The fourth-order valence-corrected chi connectivity index (χ4v) is 5.09. The predicted molar refractivity (Wildman–Crippen MR) is 142 cm³/mol. The van der Waals surface area contributed by atoms with E-state index in [1.165, 1.54) is 28.1 Å². The van der Waals surface area contributed by atoms with Gasteiger partial charge in [-0.05, 0) is 47.0 Å². The zero-order valence-corrected chi connectivity index (χ0v) is 19.4. The highest BCUT2D eigenvalue weighted by molar-refractivity contribution is 5.86. The summed E-state index contributed by atoms with van der Waals surface area (Å²) in [6.07, 6.45) is 1.96. The molecule has 2 nitrogen and oxygen atoms in total. The molecule has 0 saturated heterocycles. The van der Waals surface area contributed by atoms with Crippen molar-refractivity contribution in [1.29, 1.82) is 0 Å². The van der Waals surface area contributed by atoms with E-state index >= 15 is 0 Å². The summed E-state index contributed by atoms with van der Waals surface area (Å²) in [7, 11) is 0. The molecule has 164 valence electrons. The molecule has 2 heteroatoms. The van der Waals surface area contributed by atoms with E-state index in [-0.39, 0.29) is 5.41 Å². The second kappa shape index (κ2) is 8.00. The van der Waals surface area contributed by atoms with E-state index in [9.17, 15) is 0 Å². The first-order chi connectivity index (χ1) is 16.6. The SMILES string of the molecule is CC1(C)c2ccccc2N(c2ccc(-c3ccc(-c4ccccc4)cn3)cc2)c2ccccc21. The van der Waals surface area contributed by atoms with E-state index in [1.807, 2.05) is 12.3 Å². The summed E-state index contributed by atoms with van der Waals surface area (Å²) in [5, 5.41) is 0. The highest BCUT2D eigenvalue weighted by Gasteiger charge is 2.36. The van der Waals surface area contributed by atoms with E-state index in [2.05, 4.69) is 128 Å². The van der Waals surface area contributed by atoms with Crippen molar-refractivity contribution in [3.63, 3.8) is 0 Å². The zero-order chi connectivity index (χ0) is 23.1. The molecule has 0 radical (unpaired) electrons. The highest BCUT2D eigenvalue weighted by atomic mass is 15.2. The maximum atomic E-state index is 4.74. The van der Waals surface area contributed by atoms with Crippen molar-refractivity contribution in [2.24, 2.45) is 0 Å². The minimum atomic E-state index is -0.0476. The van der Waals surface area contributed by atoms with Crippen molar-refractivity contribution in [3.05, 3.63) is 133 Å². The molecule has 2 heterocycles. The summed E-state index contributed by atoms with van der Waals surface area (Å²) in [5.74, 6) is 0. The number of anilines is 3. The Bertz CT molecular complexity index is 1400. The molecule has 0 saturated carbocycles. The maximum Gasteiger partial charge on any atom is 0.0702 e. The topological polar surface area (TPSA) is 16.1 Å². The predicted octanol–water partition coefficient (Wildman–Crippen LogP) is 8.52. The first kappa shape index (κ1) is 20.4. The average Bonchev–Trinajstić information content (AvgIpc) is 2.90. The van der Waals surface area contributed by atoms with Gasteiger partial charge in [-0.1, -0.05) is 98.8 Å². The molecule has 34 heavy (non-hydrogen) atoms. The second-order valence-corrected chi connectivity index (χ2v) is 9.34. The lowest BCUT2D eigenvalue weighted by Gasteiger charge is -2.42. The van der Waals surface area contributed by atoms with Gasteiger partial charge in [0.2, 0.25) is 0 Å². The van der Waals surface area contributed by atoms with Crippen LogP contribution in [0, 0.1) is 0 Å². The molecular formula is C32H26N2. The number of nitrogens with zero attached hydrogens (tertiary/aromatic N) is 2. The number of fused-ring (bicyclic) bond motifs is 2. The Labute approximate surface area is 201 Å². The van der Waals surface area contributed by atoms with Crippen LogP contribution in [0.15, 0.2) is 121 Å². The average molecular weight is 439 g/mol. The summed E-state index contributed by atoms with van der Waals surface area (Å²) in [6.45, 7) is 4.63. The van der Waals surface area contributed by atoms with Crippen molar-refractivity contribution >= 4 is 17.1 Å². The van der Waals surface area contributed by atoms with Gasteiger partial charge >= 0.3 is 0 Å². The molecular weight excluding hydrogens is 412 g/mol. The number of aromatic nitrogens is 1. The molecule has 0 bridgehead atoms. The van der Waals surface area contributed by atoms with Crippen LogP contribution in [0.4, 0.5) is 17.1 Å². The lowest BCUT2D eigenvalue weighted by molar-refractivity contribution is 0.632. The molecule has 1 aliphatic rings. The third kappa shape index (κ3) is 3.31. The molecule has 0 spiro atoms. The molecule has 6 rings (SSSR count). The molecule has 0 N–H and O–H groups in total. The Morgan fingerprint density at radius 2 is 1.09 bits per heavy atom. The molecule has 0 fully saturated rings. The Kier molecular flexibility index (Phi) is 4.81. The Hall–Kier alpha value is -4.17. The molecule has 4 aromatic carbocycles. The van der Waals surface area contributed by atoms with Crippen LogP contribution in [-0.2, 0) is 5.41 Å². The van der Waals surface area contributed by atoms with Crippen LogP contribution in [0.2, 0.25) is 0 Å². The van der Waals surface area contributed by atoms with Crippen molar-refractivity contribution in [2.45, 2.75) is 19.3 Å². The van der Waals surface area contributed by atoms with Gasteiger partial charge in [0.1, 0.15) is 0 Å². The first-order valence-electron chi connectivity index (χ1n) is 11.7. The standard InChI is InChI=1S/C32H26N2/c1-32(2)27-12-6-8-14-30(27)34(31-15-9-7-13-28(31)32)26-19-16-24(17-20-26)29-21-18-25(22-33-29)23-10-4-3-5-11-23/h3-22H,1-2H3. The molecule has 1 aromatic heterocycles. The van der Waals surface area contributed by atoms with E-state index in [1.54, 1.807) is 0 Å². The fraction of sp³-hybridized carbons (Fsp3) is 0.0938. The highest BCUT2D eigenvalue weighted by Crippen LogP contribution is 2.51. The van der Waals surface area contributed by atoms with Crippen LogP contribution in [0.5, 0.6) is 0 Å². The zero-order valence-electron chi connectivity index (χ0n) is 19.4. The molecule has 0 unspecified atom stereocenters. The second-order valence-electron chi connectivity index (χ2n) is 9.34. The minimum Gasteiger partial charge on any atom is -0.310 e. The van der Waals surface area contributed by atoms with Gasteiger partial charge in [-0.15, -0.1) is 0 Å². The summed E-state index contributed by atoms with van der Waals surface area (Å²) in [6, 6.07) is 40.9. The van der Waals surface area contributed by atoms with Gasteiger partial charge in [0.25, 0.3) is 0 Å². The Balaban J connectivity index is 1.38. The van der Waals surface area contributed by atoms with Crippen LogP contribution in [0.1, 0.15) is 25.0 Å². The quantitative estimate of drug-likeness (QED) is 0.281. The summed E-state index contributed by atoms with van der Waals surface area (Å²) in [4.78, 5) is 7.13. The number of rotatable bonds is 3. The Morgan fingerprint density at radius 3 is 1.68 bits per heavy atom. The van der Waals surface area contributed by atoms with E-state index in [4.69, 9.17) is 4.98 Å². The van der Waals surface area contributed by atoms with Gasteiger partial charge in [-0.3, -0.25) is 4.98 Å². The van der Waals surface area contributed by atoms with Crippen LogP contribution in [-0.4, -0.2) is 4.98 Å². The summed E-state index contributed by atoms with van der Waals surface area (Å²) < 4.78 is 0. The Morgan fingerprint density at radius 1 is 0.529 bits per heavy atom. The van der Waals surface area contributed by atoms with Crippen molar-refractivity contribution in [3.8, 4) is 22.4 Å². The molecule has 1 aliphatic heterocycles. The first-order valence-corrected chi connectivity index (χ1v) is 11.7. The number of hydrogen-bond acceptors (Lipinski definition) is 2. The largest absolute Gasteiger partial charge is 0.310 e. The lowest BCUT2D eigenvalue weighted by atomic mass is 9.73. The van der Waals surface area contributed by atoms with Gasteiger partial charge in [0, 0.05) is 28.4 Å². The molecule has 5 aromatic rings. The van der Waals surface area contributed by atoms with Crippen LogP contribution in [0.3, 0.4) is 0 Å². The number of hydrogen-bond donors (Lipinski definition) is 0. The number of para-hydroxylation sites is 2. The minimum absolute atomic E-state index is 0.0476. The van der Waals surface area contributed by atoms with Crippen molar-refractivity contribution in [1.82, 2.24) is 4.98 Å². The van der Waals surface area contributed by atoms with Crippen LogP contribution < -0.4 is 4.90 Å². The molecule has 0 aliphatic carbocycles.